The summed E-state index contributed by atoms with van der Waals surface area (Å²) in [5.41, 5.74) is 4.79. The van der Waals surface area contributed by atoms with E-state index in [4.69, 9.17) is 4.42 Å². The van der Waals surface area contributed by atoms with Crippen LogP contribution in [0.15, 0.2) is 58.2 Å². The molecule has 0 spiro atoms. The lowest BCUT2D eigenvalue weighted by molar-refractivity contribution is 0.102. The van der Waals surface area contributed by atoms with E-state index in [2.05, 4.69) is 15.4 Å². The first-order valence-corrected chi connectivity index (χ1v) is 12.4. The van der Waals surface area contributed by atoms with Gasteiger partial charge in [0.15, 0.2) is 17.8 Å². The van der Waals surface area contributed by atoms with Crippen molar-refractivity contribution in [2.24, 2.45) is 0 Å². The fraction of sp³-hybridized carbons (Fsp3) is 0.240. The highest BCUT2D eigenvalue weighted by Gasteiger charge is 2.26. The zero-order valence-corrected chi connectivity index (χ0v) is 20.8. The molecule has 0 fully saturated rings. The molecule has 0 saturated carbocycles. The summed E-state index contributed by atoms with van der Waals surface area (Å²) in [5.74, 6) is -0.0948. The number of carbonyl (C=O) groups is 1. The van der Waals surface area contributed by atoms with Crippen LogP contribution in [-0.4, -0.2) is 33.6 Å². The van der Waals surface area contributed by atoms with Gasteiger partial charge in [-0.1, -0.05) is 41.5 Å². The molecule has 35 heavy (non-hydrogen) atoms. The molecule has 0 aliphatic heterocycles. The Morgan fingerprint density at radius 3 is 2.49 bits per heavy atom. The van der Waals surface area contributed by atoms with Gasteiger partial charge in [0.2, 0.25) is 0 Å². The van der Waals surface area contributed by atoms with E-state index in [0.717, 1.165) is 16.7 Å². The fourth-order valence-electron chi connectivity index (χ4n) is 4.15. The van der Waals surface area contributed by atoms with Gasteiger partial charge in [0.25, 0.3) is 16.0 Å². The minimum Gasteiger partial charge on any atom is -0.443 e. The molecule has 2 heterocycles. The molecule has 1 atom stereocenters. The number of aryl methyl sites for hydroxylation is 3. The van der Waals surface area contributed by atoms with Gasteiger partial charge in [-0.05, 0) is 52.3 Å². The number of hydrogen-bond donors (Lipinski definition) is 2. The van der Waals surface area contributed by atoms with E-state index in [9.17, 15) is 17.8 Å². The van der Waals surface area contributed by atoms with E-state index < -0.39 is 22.1 Å². The number of rotatable bonds is 6. The lowest BCUT2D eigenvalue weighted by Gasteiger charge is -2.18. The first-order chi connectivity index (χ1) is 16.5. The van der Waals surface area contributed by atoms with Crippen molar-refractivity contribution in [2.75, 3.05) is 5.32 Å². The number of nitrogens with zero attached hydrogens (tertiary/aromatic N) is 3. The zero-order valence-electron chi connectivity index (χ0n) is 20.0. The Morgan fingerprint density at radius 2 is 1.80 bits per heavy atom. The standard InChI is InChI=1S/C25H26N4O5S/c1-14-7-6-8-19(11-14)24-23(26-13-34-24)25(30)27-22-16(3)28-29(18(22)5)17(4)20-12-15(2)9-10-21(20)35(31,32)33/h6-13,17H,1-5H3,(H,27,30)(H,31,32,33). The number of benzene rings is 2. The molecular formula is C25H26N4O5S. The number of amides is 1. The van der Waals surface area contributed by atoms with E-state index in [1.54, 1.807) is 37.6 Å². The fourth-order valence-corrected chi connectivity index (χ4v) is 4.92. The van der Waals surface area contributed by atoms with Crippen LogP contribution in [0.3, 0.4) is 0 Å². The predicted molar refractivity (Wildman–Crippen MR) is 131 cm³/mol. The average Bonchev–Trinajstić information content (AvgIpc) is 3.38. The maximum absolute atomic E-state index is 13.2. The van der Waals surface area contributed by atoms with Gasteiger partial charge in [0.1, 0.15) is 0 Å². The summed E-state index contributed by atoms with van der Waals surface area (Å²) < 4.78 is 40.8. The molecule has 2 N–H and O–H groups in total. The SMILES string of the molecule is Cc1cccc(-c2ocnc2C(=O)Nc2c(C)nn(C(C)c3cc(C)ccc3S(=O)(=O)O)c2C)c1. The van der Waals surface area contributed by atoms with E-state index >= 15 is 0 Å². The van der Waals surface area contributed by atoms with Crippen LogP contribution in [0.1, 0.15) is 51.5 Å². The van der Waals surface area contributed by atoms with Crippen molar-refractivity contribution in [3.63, 3.8) is 0 Å². The summed E-state index contributed by atoms with van der Waals surface area (Å²) in [6.07, 6.45) is 1.23. The van der Waals surface area contributed by atoms with E-state index in [-0.39, 0.29) is 10.6 Å². The molecule has 1 unspecified atom stereocenters. The van der Waals surface area contributed by atoms with Crippen molar-refractivity contribution < 1.29 is 22.2 Å². The van der Waals surface area contributed by atoms with Crippen LogP contribution in [0, 0.1) is 27.7 Å². The summed E-state index contributed by atoms with van der Waals surface area (Å²) in [6, 6.07) is 11.7. The third kappa shape index (κ3) is 4.75. The molecule has 2 aromatic heterocycles. The maximum Gasteiger partial charge on any atom is 0.294 e. The predicted octanol–water partition coefficient (Wildman–Crippen LogP) is 4.88. The summed E-state index contributed by atoms with van der Waals surface area (Å²) >= 11 is 0. The van der Waals surface area contributed by atoms with Gasteiger partial charge in [-0.25, -0.2) is 4.98 Å². The van der Waals surface area contributed by atoms with Crippen LogP contribution in [0.4, 0.5) is 5.69 Å². The minimum absolute atomic E-state index is 0.141. The molecule has 0 aliphatic rings. The third-order valence-electron chi connectivity index (χ3n) is 5.89. The number of nitrogens with one attached hydrogen (secondary N) is 1. The van der Waals surface area contributed by atoms with Gasteiger partial charge in [0.05, 0.1) is 28.0 Å². The Kier molecular flexibility index (Phi) is 6.35. The van der Waals surface area contributed by atoms with E-state index in [0.29, 0.717) is 28.4 Å². The highest BCUT2D eigenvalue weighted by atomic mass is 32.2. The first kappa shape index (κ1) is 24.4. The second-order valence-corrected chi connectivity index (χ2v) is 9.93. The highest BCUT2D eigenvalue weighted by molar-refractivity contribution is 7.85. The Labute approximate surface area is 203 Å². The van der Waals surface area contributed by atoms with Crippen molar-refractivity contribution >= 4 is 21.7 Å². The number of oxazole rings is 1. The van der Waals surface area contributed by atoms with Crippen molar-refractivity contribution in [3.8, 4) is 11.3 Å². The molecule has 182 valence electrons. The molecule has 0 aliphatic carbocycles. The average molecular weight is 495 g/mol. The topological polar surface area (TPSA) is 127 Å². The third-order valence-corrected chi connectivity index (χ3v) is 6.81. The Bertz CT molecular complexity index is 1540. The molecule has 0 radical (unpaired) electrons. The van der Waals surface area contributed by atoms with E-state index in [1.807, 2.05) is 38.1 Å². The molecule has 4 aromatic rings. The largest absolute Gasteiger partial charge is 0.443 e. The molecule has 0 saturated heterocycles. The molecule has 2 aromatic carbocycles. The Morgan fingerprint density at radius 1 is 1.09 bits per heavy atom. The second kappa shape index (κ2) is 9.12. The monoisotopic (exact) mass is 494 g/mol. The van der Waals surface area contributed by atoms with Gasteiger partial charge in [0, 0.05) is 5.56 Å². The van der Waals surface area contributed by atoms with Crippen LogP contribution >= 0.6 is 0 Å². The lowest BCUT2D eigenvalue weighted by Crippen LogP contribution is -2.16. The van der Waals surface area contributed by atoms with Gasteiger partial charge < -0.3 is 9.73 Å². The molecule has 10 heteroatoms. The molecule has 1 amide bonds. The van der Waals surface area contributed by atoms with Crippen molar-refractivity contribution in [1.29, 1.82) is 0 Å². The quantitative estimate of drug-likeness (QED) is 0.366. The summed E-state index contributed by atoms with van der Waals surface area (Å²) in [7, 11) is -4.43. The molecular weight excluding hydrogens is 468 g/mol. The number of anilines is 1. The van der Waals surface area contributed by atoms with Crippen LogP contribution in [0.5, 0.6) is 0 Å². The van der Waals surface area contributed by atoms with Crippen LogP contribution < -0.4 is 5.32 Å². The molecule has 0 bridgehead atoms. The molecule has 4 rings (SSSR count). The van der Waals surface area contributed by atoms with Crippen LogP contribution in [-0.2, 0) is 10.1 Å². The van der Waals surface area contributed by atoms with Crippen LogP contribution in [0.25, 0.3) is 11.3 Å². The van der Waals surface area contributed by atoms with Gasteiger partial charge in [-0.2, -0.15) is 13.5 Å². The van der Waals surface area contributed by atoms with Crippen LogP contribution in [0.2, 0.25) is 0 Å². The second-order valence-electron chi connectivity index (χ2n) is 8.54. The Hall–Kier alpha value is -3.76. The summed E-state index contributed by atoms with van der Waals surface area (Å²) in [4.78, 5) is 17.1. The smallest absolute Gasteiger partial charge is 0.294 e. The maximum atomic E-state index is 13.2. The molecule has 9 nitrogen and oxygen atoms in total. The zero-order chi connectivity index (χ0) is 25.5. The normalized spacial score (nSPS) is 12.5. The van der Waals surface area contributed by atoms with Gasteiger partial charge >= 0.3 is 0 Å². The summed E-state index contributed by atoms with van der Waals surface area (Å²) in [6.45, 7) is 9.08. The summed E-state index contributed by atoms with van der Waals surface area (Å²) in [5, 5.41) is 7.42. The number of hydrogen-bond acceptors (Lipinski definition) is 6. The van der Waals surface area contributed by atoms with Crippen molar-refractivity contribution in [3.05, 3.63) is 82.6 Å². The van der Waals surface area contributed by atoms with Crippen molar-refractivity contribution in [1.82, 2.24) is 14.8 Å². The number of aromatic nitrogens is 3. The van der Waals surface area contributed by atoms with Crippen molar-refractivity contribution in [2.45, 2.75) is 45.6 Å². The van der Waals surface area contributed by atoms with E-state index in [1.165, 1.54) is 12.5 Å². The number of carbonyl (C=O) groups excluding carboxylic acids is 1. The first-order valence-electron chi connectivity index (χ1n) is 10.9. The Balaban J connectivity index is 1.68. The minimum atomic E-state index is -4.43. The highest BCUT2D eigenvalue weighted by Crippen LogP contribution is 2.31. The van der Waals surface area contributed by atoms with Gasteiger partial charge in [-0.3, -0.25) is 14.0 Å². The van der Waals surface area contributed by atoms with Gasteiger partial charge in [-0.15, -0.1) is 0 Å². The lowest BCUT2D eigenvalue weighted by atomic mass is 10.1.